The van der Waals surface area contributed by atoms with E-state index < -0.39 is 0 Å². The van der Waals surface area contributed by atoms with Crippen molar-refractivity contribution in [2.24, 2.45) is 0 Å². The molecule has 1 aliphatic rings. The summed E-state index contributed by atoms with van der Waals surface area (Å²) in [5.41, 5.74) is 0. The van der Waals surface area contributed by atoms with Gasteiger partial charge in [0.25, 0.3) is 0 Å². The van der Waals surface area contributed by atoms with E-state index in [2.05, 4.69) is 12.2 Å². The molecule has 4 heteroatoms. The quantitative estimate of drug-likeness (QED) is 0.484. The van der Waals surface area contributed by atoms with E-state index in [1.807, 2.05) is 0 Å². The minimum absolute atomic E-state index is 0.00947. The molecule has 0 saturated heterocycles. The Labute approximate surface area is 104 Å². The fourth-order valence-corrected chi connectivity index (χ4v) is 1.89. The van der Waals surface area contributed by atoms with Crippen LogP contribution >= 0.6 is 0 Å². The second-order valence-electron chi connectivity index (χ2n) is 4.23. The van der Waals surface area contributed by atoms with Gasteiger partial charge in [0.2, 0.25) is 0 Å². The Bertz CT molecular complexity index is 213. The van der Waals surface area contributed by atoms with E-state index in [9.17, 15) is 0 Å². The molecule has 0 radical (unpaired) electrons. The first-order chi connectivity index (χ1) is 8.30. The Hall–Kier alpha value is -0.420. The number of rotatable bonds is 8. The molecule has 1 rings (SSSR count). The van der Waals surface area contributed by atoms with Crippen molar-refractivity contribution < 1.29 is 18.9 Å². The highest BCUT2D eigenvalue weighted by Gasteiger charge is 2.17. The van der Waals surface area contributed by atoms with Gasteiger partial charge in [-0.25, -0.2) is 0 Å². The second-order valence-corrected chi connectivity index (χ2v) is 4.23. The van der Waals surface area contributed by atoms with Crippen molar-refractivity contribution in [1.82, 2.24) is 0 Å². The van der Waals surface area contributed by atoms with E-state index >= 15 is 0 Å². The van der Waals surface area contributed by atoms with Gasteiger partial charge in [0.05, 0.1) is 18.8 Å². The summed E-state index contributed by atoms with van der Waals surface area (Å²) in [4.78, 5) is 0. The minimum Gasteiger partial charge on any atom is -0.379 e. The summed E-state index contributed by atoms with van der Waals surface area (Å²) < 4.78 is 21.5. The Morgan fingerprint density at radius 2 is 1.94 bits per heavy atom. The first kappa shape index (κ1) is 14.6. The Kier molecular flexibility index (Phi) is 7.44. The molecule has 0 aliphatic heterocycles. The molecule has 4 nitrogen and oxygen atoms in total. The molecule has 1 aliphatic carbocycles. The van der Waals surface area contributed by atoms with Crippen molar-refractivity contribution >= 4 is 0 Å². The fourth-order valence-electron chi connectivity index (χ4n) is 1.89. The predicted octanol–water partition coefficient (Wildman–Crippen LogP) is 2.14. The highest BCUT2D eigenvalue weighted by atomic mass is 16.7. The number of ether oxygens (including phenoxy) is 4. The molecule has 0 heterocycles. The smallest absolute Gasteiger partial charge is 0.159 e. The lowest BCUT2D eigenvalue weighted by Gasteiger charge is -2.23. The number of methoxy groups -OCH3 is 3. The molecule has 100 valence electrons. The SMILES string of the molecule is COC(COC1C=CCCC1)CC(OC)OC. The van der Waals surface area contributed by atoms with Crippen LogP contribution in [0.5, 0.6) is 0 Å². The zero-order valence-electron chi connectivity index (χ0n) is 11.1. The second kappa shape index (κ2) is 8.64. The maximum absolute atomic E-state index is 5.80. The maximum atomic E-state index is 5.80. The van der Waals surface area contributed by atoms with Gasteiger partial charge in [0.15, 0.2) is 6.29 Å². The maximum Gasteiger partial charge on any atom is 0.159 e. The van der Waals surface area contributed by atoms with Gasteiger partial charge in [0, 0.05) is 27.8 Å². The summed E-state index contributed by atoms with van der Waals surface area (Å²) in [6.07, 6.45) is 8.50. The van der Waals surface area contributed by atoms with Gasteiger partial charge in [0.1, 0.15) is 0 Å². The molecular formula is C13H24O4. The van der Waals surface area contributed by atoms with Crippen molar-refractivity contribution in [3.63, 3.8) is 0 Å². The molecule has 0 aromatic carbocycles. The van der Waals surface area contributed by atoms with Crippen LogP contribution in [0.25, 0.3) is 0 Å². The number of hydrogen-bond donors (Lipinski definition) is 0. The van der Waals surface area contributed by atoms with Crippen molar-refractivity contribution in [2.75, 3.05) is 27.9 Å². The van der Waals surface area contributed by atoms with E-state index in [1.165, 1.54) is 12.8 Å². The lowest BCUT2D eigenvalue weighted by atomic mass is 10.1. The van der Waals surface area contributed by atoms with Crippen molar-refractivity contribution in [3.05, 3.63) is 12.2 Å². The van der Waals surface area contributed by atoms with E-state index in [4.69, 9.17) is 18.9 Å². The van der Waals surface area contributed by atoms with Crippen molar-refractivity contribution in [1.29, 1.82) is 0 Å². The zero-order chi connectivity index (χ0) is 12.5. The third-order valence-corrected chi connectivity index (χ3v) is 3.02. The molecule has 0 aromatic heterocycles. The van der Waals surface area contributed by atoms with Crippen LogP contribution in [0.2, 0.25) is 0 Å². The number of allylic oxidation sites excluding steroid dienone is 1. The number of hydrogen-bond acceptors (Lipinski definition) is 4. The molecule has 0 amide bonds. The third-order valence-electron chi connectivity index (χ3n) is 3.02. The third kappa shape index (κ3) is 5.64. The predicted molar refractivity (Wildman–Crippen MR) is 66.0 cm³/mol. The summed E-state index contributed by atoms with van der Waals surface area (Å²) in [5, 5.41) is 0. The molecule has 0 saturated carbocycles. The average Bonchev–Trinajstić information content (AvgIpc) is 2.40. The minimum atomic E-state index is -0.231. The van der Waals surface area contributed by atoms with Gasteiger partial charge < -0.3 is 18.9 Å². The first-order valence-electron chi connectivity index (χ1n) is 6.16. The highest BCUT2D eigenvalue weighted by molar-refractivity contribution is 4.94. The molecule has 17 heavy (non-hydrogen) atoms. The van der Waals surface area contributed by atoms with E-state index in [0.29, 0.717) is 13.0 Å². The fraction of sp³-hybridized carbons (Fsp3) is 0.846. The molecule has 0 spiro atoms. The van der Waals surface area contributed by atoms with Crippen LogP contribution in [0.15, 0.2) is 12.2 Å². The van der Waals surface area contributed by atoms with Crippen molar-refractivity contribution in [2.45, 2.75) is 44.2 Å². The molecule has 0 bridgehead atoms. The van der Waals surface area contributed by atoms with Gasteiger partial charge in [-0.15, -0.1) is 0 Å². The van der Waals surface area contributed by atoms with Gasteiger partial charge in [-0.1, -0.05) is 12.2 Å². The highest BCUT2D eigenvalue weighted by Crippen LogP contribution is 2.15. The summed E-state index contributed by atoms with van der Waals surface area (Å²) in [6.45, 7) is 0.578. The molecule has 0 fully saturated rings. The van der Waals surface area contributed by atoms with Crippen LogP contribution in [-0.4, -0.2) is 46.4 Å². The molecule has 0 N–H and O–H groups in total. The summed E-state index contributed by atoms with van der Waals surface area (Å²) >= 11 is 0. The Morgan fingerprint density at radius 1 is 1.18 bits per heavy atom. The lowest BCUT2D eigenvalue weighted by molar-refractivity contribution is -0.136. The van der Waals surface area contributed by atoms with Gasteiger partial charge in [-0.3, -0.25) is 0 Å². The topological polar surface area (TPSA) is 36.9 Å². The van der Waals surface area contributed by atoms with Crippen LogP contribution < -0.4 is 0 Å². The van der Waals surface area contributed by atoms with Gasteiger partial charge >= 0.3 is 0 Å². The standard InChI is InChI=1S/C13H24O4/c1-14-12(9-13(15-2)16-3)10-17-11-7-5-4-6-8-11/h5,7,11-13H,4,6,8-10H2,1-3H3. The van der Waals surface area contributed by atoms with Crippen LogP contribution in [0.4, 0.5) is 0 Å². The van der Waals surface area contributed by atoms with E-state index in [1.54, 1.807) is 21.3 Å². The largest absolute Gasteiger partial charge is 0.379 e. The lowest BCUT2D eigenvalue weighted by Crippen LogP contribution is -2.29. The molecule has 2 atom stereocenters. The first-order valence-corrected chi connectivity index (χ1v) is 6.16. The van der Waals surface area contributed by atoms with Crippen LogP contribution in [0, 0.1) is 0 Å². The van der Waals surface area contributed by atoms with Crippen LogP contribution in [0.1, 0.15) is 25.7 Å². The Balaban J connectivity index is 2.25. The van der Waals surface area contributed by atoms with Crippen LogP contribution in [0.3, 0.4) is 0 Å². The van der Waals surface area contributed by atoms with Gasteiger partial charge in [-0.2, -0.15) is 0 Å². The average molecular weight is 244 g/mol. The summed E-state index contributed by atoms with van der Waals surface area (Å²) in [6, 6.07) is 0. The van der Waals surface area contributed by atoms with E-state index in [0.717, 1.165) is 6.42 Å². The van der Waals surface area contributed by atoms with Crippen molar-refractivity contribution in [3.8, 4) is 0 Å². The van der Waals surface area contributed by atoms with Gasteiger partial charge in [-0.05, 0) is 19.3 Å². The molecular weight excluding hydrogens is 220 g/mol. The summed E-state index contributed by atoms with van der Waals surface area (Å²) in [7, 11) is 4.95. The Morgan fingerprint density at radius 3 is 2.47 bits per heavy atom. The molecule has 2 unspecified atom stereocenters. The van der Waals surface area contributed by atoms with E-state index in [-0.39, 0.29) is 18.5 Å². The zero-order valence-corrected chi connectivity index (χ0v) is 11.1. The normalized spacial score (nSPS) is 22.0. The monoisotopic (exact) mass is 244 g/mol. The molecule has 0 aromatic rings. The van der Waals surface area contributed by atoms with Crippen LogP contribution in [-0.2, 0) is 18.9 Å². The summed E-state index contributed by atoms with van der Waals surface area (Å²) in [5.74, 6) is 0.